The monoisotopic (exact) mass is 461 g/mol. The van der Waals surface area contributed by atoms with E-state index in [1.165, 1.54) is 23.9 Å². The molecule has 0 spiro atoms. The van der Waals surface area contributed by atoms with Crippen molar-refractivity contribution >= 4 is 68.9 Å². The Balaban J connectivity index is 1.41. The van der Waals surface area contributed by atoms with Gasteiger partial charge in [-0.15, -0.1) is 11.3 Å². The maximum absolute atomic E-state index is 12.5. The Bertz CT molecular complexity index is 989. The number of nitrogens with one attached hydrogen (secondary N) is 1. The van der Waals surface area contributed by atoms with Crippen LogP contribution in [0.25, 0.3) is 6.08 Å². The van der Waals surface area contributed by atoms with E-state index in [0.717, 1.165) is 17.7 Å². The van der Waals surface area contributed by atoms with Crippen molar-refractivity contribution in [2.75, 3.05) is 11.9 Å². The highest BCUT2D eigenvalue weighted by atomic mass is 32.2. The van der Waals surface area contributed by atoms with Gasteiger partial charge in [0.05, 0.1) is 9.83 Å². The van der Waals surface area contributed by atoms with Crippen LogP contribution in [-0.2, 0) is 9.59 Å². The number of nitro groups is 1. The molecule has 3 rings (SSSR count). The number of anilines is 1. The molecule has 7 nitrogen and oxygen atoms in total. The zero-order valence-electron chi connectivity index (χ0n) is 15.9. The van der Waals surface area contributed by atoms with Gasteiger partial charge in [0.2, 0.25) is 5.91 Å². The van der Waals surface area contributed by atoms with Gasteiger partial charge in [-0.2, -0.15) is 0 Å². The van der Waals surface area contributed by atoms with Crippen molar-refractivity contribution in [2.45, 2.75) is 25.7 Å². The van der Waals surface area contributed by atoms with Crippen LogP contribution in [0.4, 0.5) is 11.4 Å². The molecule has 0 radical (unpaired) electrons. The Hall–Kier alpha value is -2.56. The predicted octanol–water partition coefficient (Wildman–Crippen LogP) is 5.06. The zero-order chi connectivity index (χ0) is 21.5. The lowest BCUT2D eigenvalue weighted by molar-refractivity contribution is -0.383. The minimum Gasteiger partial charge on any atom is -0.320 e. The van der Waals surface area contributed by atoms with Crippen LogP contribution in [0.1, 0.15) is 30.6 Å². The number of thiophene rings is 1. The van der Waals surface area contributed by atoms with Crippen LogP contribution in [0.3, 0.4) is 0 Å². The number of para-hydroxylation sites is 2. The van der Waals surface area contributed by atoms with E-state index in [-0.39, 0.29) is 29.6 Å². The van der Waals surface area contributed by atoms with Crippen LogP contribution in [0.5, 0.6) is 0 Å². The Kier molecular flexibility index (Phi) is 7.72. The van der Waals surface area contributed by atoms with Gasteiger partial charge in [-0.3, -0.25) is 24.6 Å². The fraction of sp³-hybridized carbons (Fsp3) is 0.250. The van der Waals surface area contributed by atoms with Crippen molar-refractivity contribution < 1.29 is 14.5 Å². The number of hydrogen-bond acceptors (Lipinski definition) is 7. The topological polar surface area (TPSA) is 92.6 Å². The van der Waals surface area contributed by atoms with Gasteiger partial charge >= 0.3 is 0 Å². The third kappa shape index (κ3) is 5.74. The molecule has 1 aliphatic heterocycles. The van der Waals surface area contributed by atoms with Crippen LogP contribution in [0.15, 0.2) is 46.7 Å². The van der Waals surface area contributed by atoms with E-state index in [9.17, 15) is 19.7 Å². The van der Waals surface area contributed by atoms with Crippen molar-refractivity contribution in [3.05, 3.63) is 61.7 Å². The molecule has 1 aromatic carbocycles. The lowest BCUT2D eigenvalue weighted by Crippen LogP contribution is -2.29. The summed E-state index contributed by atoms with van der Waals surface area (Å²) in [6.45, 7) is 0.512. The molecule has 30 heavy (non-hydrogen) atoms. The fourth-order valence-electron chi connectivity index (χ4n) is 2.88. The summed E-state index contributed by atoms with van der Waals surface area (Å²) in [6, 6.07) is 9.93. The van der Waals surface area contributed by atoms with Crippen molar-refractivity contribution in [3.8, 4) is 0 Å². The van der Waals surface area contributed by atoms with E-state index in [1.54, 1.807) is 28.4 Å². The van der Waals surface area contributed by atoms with Crippen LogP contribution < -0.4 is 5.32 Å². The summed E-state index contributed by atoms with van der Waals surface area (Å²) in [5.74, 6) is -0.346. The molecule has 2 aromatic rings. The number of thioether (sulfide) groups is 1. The van der Waals surface area contributed by atoms with Gasteiger partial charge in [0.1, 0.15) is 10.0 Å². The molecule has 1 N–H and O–H groups in total. The first kappa shape index (κ1) is 22.1. The number of unbranched alkanes of at least 4 members (excludes halogenated alkanes) is 2. The third-order valence-electron chi connectivity index (χ3n) is 4.35. The van der Waals surface area contributed by atoms with Gasteiger partial charge in [-0.25, -0.2) is 0 Å². The maximum Gasteiger partial charge on any atom is 0.292 e. The molecular weight excluding hydrogens is 442 g/mol. The molecule has 1 fully saturated rings. The number of carbonyl (C=O) groups is 2. The second-order valence-corrected chi connectivity index (χ2v) is 9.14. The second kappa shape index (κ2) is 10.5. The number of nitro benzene ring substituents is 1. The van der Waals surface area contributed by atoms with Crippen LogP contribution in [-0.4, -0.2) is 32.5 Å². The van der Waals surface area contributed by atoms with Gasteiger partial charge in [0, 0.05) is 23.9 Å². The molecule has 0 unspecified atom stereocenters. The molecule has 0 bridgehead atoms. The molecule has 0 aliphatic carbocycles. The molecule has 0 atom stereocenters. The van der Waals surface area contributed by atoms with E-state index < -0.39 is 4.92 Å². The minimum atomic E-state index is -0.523. The van der Waals surface area contributed by atoms with Crippen molar-refractivity contribution in [3.63, 3.8) is 0 Å². The van der Waals surface area contributed by atoms with Crippen LogP contribution >= 0.6 is 35.3 Å². The summed E-state index contributed by atoms with van der Waals surface area (Å²) < 4.78 is 0.553. The Morgan fingerprint density at radius 3 is 2.73 bits per heavy atom. The summed E-state index contributed by atoms with van der Waals surface area (Å²) in [5.41, 5.74) is 0.0680. The molecule has 1 saturated heterocycles. The SMILES string of the molecule is O=C(CCCCCN1C(=O)/C(=C\c2cccs2)SC1=S)Nc1ccccc1[N+](=O)[O-]. The number of rotatable bonds is 9. The third-order valence-corrected chi connectivity index (χ3v) is 6.55. The Morgan fingerprint density at radius 2 is 2.00 bits per heavy atom. The number of amides is 2. The summed E-state index contributed by atoms with van der Waals surface area (Å²) in [5, 5.41) is 15.5. The minimum absolute atomic E-state index is 0.0764. The molecule has 1 aromatic heterocycles. The van der Waals surface area contributed by atoms with Crippen LogP contribution in [0.2, 0.25) is 0 Å². The summed E-state index contributed by atoms with van der Waals surface area (Å²) in [6.07, 6.45) is 4.19. The maximum atomic E-state index is 12.5. The molecule has 10 heteroatoms. The van der Waals surface area contributed by atoms with Gasteiger partial charge in [-0.1, -0.05) is 48.6 Å². The molecular formula is C20H19N3O4S3. The van der Waals surface area contributed by atoms with E-state index in [0.29, 0.717) is 22.2 Å². The highest BCUT2D eigenvalue weighted by Gasteiger charge is 2.31. The lowest BCUT2D eigenvalue weighted by Gasteiger charge is -2.14. The molecule has 2 heterocycles. The van der Waals surface area contributed by atoms with Crippen molar-refractivity contribution in [1.82, 2.24) is 4.90 Å². The van der Waals surface area contributed by atoms with Crippen LogP contribution in [0, 0.1) is 10.1 Å². The molecule has 156 valence electrons. The average molecular weight is 462 g/mol. The number of nitrogens with zero attached hydrogens (tertiary/aromatic N) is 2. The first-order chi connectivity index (χ1) is 14.5. The number of hydrogen-bond donors (Lipinski definition) is 1. The summed E-state index contributed by atoms with van der Waals surface area (Å²) in [7, 11) is 0. The predicted molar refractivity (Wildman–Crippen MR) is 124 cm³/mol. The summed E-state index contributed by atoms with van der Waals surface area (Å²) >= 11 is 8.20. The van der Waals surface area contributed by atoms with E-state index in [1.807, 2.05) is 23.6 Å². The first-order valence-electron chi connectivity index (χ1n) is 9.28. The number of carbonyl (C=O) groups excluding carboxylic acids is 2. The summed E-state index contributed by atoms with van der Waals surface area (Å²) in [4.78, 5) is 38.3. The molecule has 1 aliphatic rings. The van der Waals surface area contributed by atoms with Crippen molar-refractivity contribution in [2.24, 2.45) is 0 Å². The van der Waals surface area contributed by atoms with E-state index in [2.05, 4.69) is 5.32 Å². The largest absolute Gasteiger partial charge is 0.320 e. The smallest absolute Gasteiger partial charge is 0.292 e. The highest BCUT2D eigenvalue weighted by Crippen LogP contribution is 2.33. The van der Waals surface area contributed by atoms with Crippen molar-refractivity contribution in [1.29, 1.82) is 0 Å². The van der Waals surface area contributed by atoms with Gasteiger partial charge in [0.15, 0.2) is 0 Å². The molecule has 0 saturated carbocycles. The van der Waals surface area contributed by atoms with Gasteiger partial charge in [-0.05, 0) is 36.4 Å². The normalized spacial score (nSPS) is 15.1. The standard InChI is InChI=1S/C20H19N3O4S3/c24-18(21-15-8-3-4-9-16(15)23(26)27)10-2-1-5-11-22-19(25)17(30-20(22)28)13-14-7-6-12-29-14/h3-4,6-9,12-13H,1-2,5,10-11H2,(H,21,24)/b17-13+. The van der Waals surface area contributed by atoms with Gasteiger partial charge < -0.3 is 5.32 Å². The lowest BCUT2D eigenvalue weighted by atomic mass is 10.1. The average Bonchev–Trinajstić information content (AvgIpc) is 3.31. The Labute approximate surface area is 187 Å². The van der Waals surface area contributed by atoms with Gasteiger partial charge in [0.25, 0.3) is 11.6 Å². The number of thiocarbonyl (C=S) groups is 1. The highest BCUT2D eigenvalue weighted by molar-refractivity contribution is 8.26. The second-order valence-electron chi connectivity index (χ2n) is 6.48. The first-order valence-corrected chi connectivity index (χ1v) is 11.4. The van der Waals surface area contributed by atoms with E-state index >= 15 is 0 Å². The number of benzene rings is 1. The molecule has 2 amide bonds. The quantitative estimate of drug-likeness (QED) is 0.185. The van der Waals surface area contributed by atoms with E-state index in [4.69, 9.17) is 12.2 Å². The fourth-order valence-corrected chi connectivity index (χ4v) is 4.91. The zero-order valence-corrected chi connectivity index (χ0v) is 18.4. The Morgan fingerprint density at radius 1 is 1.20 bits per heavy atom.